The minimum absolute atomic E-state index is 0. The summed E-state index contributed by atoms with van der Waals surface area (Å²) in [5.74, 6) is -1.21. The van der Waals surface area contributed by atoms with Gasteiger partial charge in [0.2, 0.25) is 5.91 Å². The molecule has 1 atom stereocenters. The fourth-order valence-corrected chi connectivity index (χ4v) is 2.30. The molecule has 1 aliphatic heterocycles. The van der Waals surface area contributed by atoms with Crippen LogP contribution in [0.1, 0.15) is 23.7 Å². The van der Waals surface area contributed by atoms with Crippen molar-refractivity contribution in [1.82, 2.24) is 10.2 Å². The molecule has 1 fully saturated rings. The van der Waals surface area contributed by atoms with Gasteiger partial charge in [-0.15, -0.1) is 12.4 Å². The highest BCUT2D eigenvalue weighted by Crippen LogP contribution is 2.18. The SMILES string of the molecule is CC(=O)Nc1ccc(F)c(C(=O)N(C)C2CCNC2)c1.Cl. The van der Waals surface area contributed by atoms with Gasteiger partial charge in [-0.2, -0.15) is 0 Å². The molecule has 0 saturated carbocycles. The molecule has 0 spiro atoms. The Balaban J connectivity index is 0.00000220. The molecule has 21 heavy (non-hydrogen) atoms. The quantitative estimate of drug-likeness (QED) is 0.891. The van der Waals surface area contributed by atoms with Crippen LogP contribution in [0, 0.1) is 5.82 Å². The Kier molecular flexibility index (Phi) is 6.11. The highest BCUT2D eigenvalue weighted by Gasteiger charge is 2.25. The van der Waals surface area contributed by atoms with Crippen LogP contribution in [0.25, 0.3) is 0 Å². The van der Waals surface area contributed by atoms with Gasteiger partial charge in [0, 0.05) is 32.2 Å². The Morgan fingerprint density at radius 1 is 1.43 bits per heavy atom. The van der Waals surface area contributed by atoms with Crippen LogP contribution in [-0.4, -0.2) is 42.9 Å². The third kappa shape index (κ3) is 4.15. The molecule has 5 nitrogen and oxygen atoms in total. The molecule has 0 radical (unpaired) electrons. The van der Waals surface area contributed by atoms with Crippen molar-refractivity contribution < 1.29 is 14.0 Å². The van der Waals surface area contributed by atoms with Crippen LogP contribution in [0.3, 0.4) is 0 Å². The third-order valence-corrected chi connectivity index (χ3v) is 3.42. The largest absolute Gasteiger partial charge is 0.337 e. The molecular formula is C14H19ClFN3O2. The molecule has 2 amide bonds. The van der Waals surface area contributed by atoms with E-state index in [4.69, 9.17) is 0 Å². The van der Waals surface area contributed by atoms with E-state index >= 15 is 0 Å². The average molecular weight is 316 g/mol. The molecule has 1 aromatic carbocycles. The number of carbonyl (C=O) groups excluding carboxylic acids is 2. The van der Waals surface area contributed by atoms with Crippen LogP contribution >= 0.6 is 12.4 Å². The summed E-state index contributed by atoms with van der Waals surface area (Å²) in [5, 5.41) is 5.71. The number of carbonyl (C=O) groups is 2. The molecule has 116 valence electrons. The summed E-state index contributed by atoms with van der Waals surface area (Å²) in [6.07, 6.45) is 0.856. The second-order valence-corrected chi connectivity index (χ2v) is 4.94. The van der Waals surface area contributed by atoms with E-state index < -0.39 is 5.82 Å². The summed E-state index contributed by atoms with van der Waals surface area (Å²) in [5.41, 5.74) is 0.394. The van der Waals surface area contributed by atoms with E-state index in [0.717, 1.165) is 19.5 Å². The van der Waals surface area contributed by atoms with E-state index in [2.05, 4.69) is 10.6 Å². The van der Waals surface area contributed by atoms with Crippen LogP contribution < -0.4 is 10.6 Å². The number of hydrogen-bond donors (Lipinski definition) is 2. The van der Waals surface area contributed by atoms with E-state index in [0.29, 0.717) is 5.69 Å². The van der Waals surface area contributed by atoms with Crippen molar-refractivity contribution in [1.29, 1.82) is 0 Å². The zero-order valence-electron chi connectivity index (χ0n) is 12.0. The lowest BCUT2D eigenvalue weighted by Gasteiger charge is -2.24. The fraction of sp³-hybridized carbons (Fsp3) is 0.429. The first kappa shape index (κ1) is 17.4. The van der Waals surface area contributed by atoms with Gasteiger partial charge >= 0.3 is 0 Å². The van der Waals surface area contributed by atoms with Crippen LogP contribution in [0.2, 0.25) is 0 Å². The maximum atomic E-state index is 13.8. The average Bonchev–Trinajstić information content (AvgIpc) is 2.92. The summed E-state index contributed by atoms with van der Waals surface area (Å²) in [6, 6.07) is 4.08. The van der Waals surface area contributed by atoms with Crippen LogP contribution in [0.4, 0.5) is 10.1 Å². The molecular weight excluding hydrogens is 297 g/mol. The van der Waals surface area contributed by atoms with Gasteiger partial charge < -0.3 is 15.5 Å². The number of amides is 2. The lowest BCUT2D eigenvalue weighted by atomic mass is 10.1. The van der Waals surface area contributed by atoms with Gasteiger partial charge in [-0.05, 0) is 31.2 Å². The standard InChI is InChI=1S/C14H18FN3O2.ClH/c1-9(19)17-10-3-4-13(15)12(7-10)14(20)18(2)11-5-6-16-8-11;/h3-4,7,11,16H,5-6,8H2,1-2H3,(H,17,19);1H. The second kappa shape index (κ2) is 7.38. The smallest absolute Gasteiger partial charge is 0.256 e. The number of anilines is 1. The number of hydrogen-bond acceptors (Lipinski definition) is 3. The number of nitrogens with one attached hydrogen (secondary N) is 2. The van der Waals surface area contributed by atoms with Crippen molar-refractivity contribution in [2.45, 2.75) is 19.4 Å². The summed E-state index contributed by atoms with van der Waals surface area (Å²) in [4.78, 5) is 24.9. The van der Waals surface area contributed by atoms with Crippen molar-refractivity contribution in [3.05, 3.63) is 29.6 Å². The third-order valence-electron chi connectivity index (χ3n) is 3.42. The molecule has 7 heteroatoms. The Morgan fingerprint density at radius 3 is 2.71 bits per heavy atom. The van der Waals surface area contributed by atoms with E-state index in [-0.39, 0.29) is 35.8 Å². The first-order valence-electron chi connectivity index (χ1n) is 6.54. The fourth-order valence-electron chi connectivity index (χ4n) is 2.30. The second-order valence-electron chi connectivity index (χ2n) is 4.94. The van der Waals surface area contributed by atoms with Gasteiger partial charge in [-0.3, -0.25) is 9.59 Å². The van der Waals surface area contributed by atoms with Gasteiger partial charge in [0.25, 0.3) is 5.91 Å². The van der Waals surface area contributed by atoms with Gasteiger partial charge in [0.15, 0.2) is 0 Å². The predicted octanol–water partition coefficient (Wildman–Crippen LogP) is 1.64. The highest BCUT2D eigenvalue weighted by atomic mass is 35.5. The molecule has 1 unspecified atom stereocenters. The minimum atomic E-state index is -0.582. The van der Waals surface area contributed by atoms with E-state index in [1.807, 2.05) is 0 Å². The van der Waals surface area contributed by atoms with E-state index in [1.54, 1.807) is 11.9 Å². The van der Waals surface area contributed by atoms with Crippen molar-refractivity contribution in [2.24, 2.45) is 0 Å². The summed E-state index contributed by atoms with van der Waals surface area (Å²) >= 11 is 0. The van der Waals surface area contributed by atoms with E-state index in [1.165, 1.54) is 25.1 Å². The molecule has 2 N–H and O–H groups in total. The minimum Gasteiger partial charge on any atom is -0.337 e. The lowest BCUT2D eigenvalue weighted by molar-refractivity contribution is -0.114. The summed E-state index contributed by atoms with van der Waals surface area (Å²) in [6.45, 7) is 2.94. The molecule has 1 aliphatic rings. The monoisotopic (exact) mass is 315 g/mol. The van der Waals surface area contributed by atoms with Crippen LogP contribution in [0.15, 0.2) is 18.2 Å². The number of benzene rings is 1. The molecule has 0 bridgehead atoms. The molecule has 1 saturated heterocycles. The van der Waals surface area contributed by atoms with E-state index in [9.17, 15) is 14.0 Å². The molecule has 1 aromatic rings. The zero-order valence-corrected chi connectivity index (χ0v) is 12.8. The Labute approximate surface area is 129 Å². The van der Waals surface area contributed by atoms with Gasteiger partial charge in [-0.25, -0.2) is 4.39 Å². The maximum Gasteiger partial charge on any atom is 0.256 e. The van der Waals surface area contributed by atoms with Crippen LogP contribution in [-0.2, 0) is 4.79 Å². The highest BCUT2D eigenvalue weighted by molar-refractivity contribution is 5.97. The van der Waals surface area contributed by atoms with Crippen molar-refractivity contribution in [2.75, 3.05) is 25.5 Å². The molecule has 2 rings (SSSR count). The first-order valence-corrected chi connectivity index (χ1v) is 6.54. The lowest BCUT2D eigenvalue weighted by Crippen LogP contribution is -2.38. The zero-order chi connectivity index (χ0) is 14.7. The maximum absolute atomic E-state index is 13.8. The Hall–Kier alpha value is -1.66. The topological polar surface area (TPSA) is 61.4 Å². The number of halogens is 2. The van der Waals surface area contributed by atoms with Gasteiger partial charge in [0.05, 0.1) is 5.56 Å². The summed E-state index contributed by atoms with van der Waals surface area (Å²) in [7, 11) is 1.67. The number of nitrogens with zero attached hydrogens (tertiary/aromatic N) is 1. The Bertz CT molecular complexity index is 533. The number of likely N-dealkylation sites (N-methyl/N-ethyl adjacent to an activating group) is 1. The first-order chi connectivity index (χ1) is 9.49. The van der Waals surface area contributed by atoms with Crippen molar-refractivity contribution in [3.8, 4) is 0 Å². The van der Waals surface area contributed by atoms with Crippen molar-refractivity contribution in [3.63, 3.8) is 0 Å². The van der Waals surface area contributed by atoms with Gasteiger partial charge in [0.1, 0.15) is 5.82 Å². The molecule has 0 aliphatic carbocycles. The predicted molar refractivity (Wildman–Crippen MR) is 81.3 cm³/mol. The molecule has 0 aromatic heterocycles. The summed E-state index contributed by atoms with van der Waals surface area (Å²) < 4.78 is 13.8. The van der Waals surface area contributed by atoms with Gasteiger partial charge in [-0.1, -0.05) is 0 Å². The normalized spacial score (nSPS) is 17.0. The Morgan fingerprint density at radius 2 is 2.14 bits per heavy atom. The molecule has 1 heterocycles. The van der Waals surface area contributed by atoms with Crippen LogP contribution in [0.5, 0.6) is 0 Å². The number of rotatable bonds is 3. The van der Waals surface area contributed by atoms with Crippen molar-refractivity contribution >= 4 is 29.9 Å².